The van der Waals surface area contributed by atoms with Gasteiger partial charge in [-0.2, -0.15) is 0 Å². The van der Waals surface area contributed by atoms with Crippen LogP contribution >= 0.6 is 0 Å². The molecule has 0 saturated carbocycles. The van der Waals surface area contributed by atoms with Gasteiger partial charge in [0.05, 0.1) is 38.1 Å². The molecule has 2 aliphatic rings. The van der Waals surface area contributed by atoms with E-state index in [1.165, 1.54) is 6.26 Å². The van der Waals surface area contributed by atoms with E-state index in [0.29, 0.717) is 49.3 Å². The van der Waals surface area contributed by atoms with Crippen molar-refractivity contribution in [3.8, 4) is 0 Å². The average Bonchev–Trinajstić information content (AvgIpc) is 2.92. The highest BCUT2D eigenvalue weighted by atomic mass is 16.7. The fourth-order valence-electron chi connectivity index (χ4n) is 4.33. The second-order valence-electron chi connectivity index (χ2n) is 8.63. The molecule has 0 aliphatic carbocycles. The second-order valence-corrected chi connectivity index (χ2v) is 8.63. The molecular weight excluding hydrogens is 450 g/mol. The molecule has 3 aromatic rings. The Balaban J connectivity index is 1.41. The number of hydrogen-bond acceptors (Lipinski definition) is 7. The van der Waals surface area contributed by atoms with Crippen LogP contribution in [-0.4, -0.2) is 48.5 Å². The molecule has 8 heteroatoms. The molecule has 1 amide bonds. The summed E-state index contributed by atoms with van der Waals surface area (Å²) < 4.78 is 23.1. The van der Waals surface area contributed by atoms with Crippen LogP contribution in [0.15, 0.2) is 75.8 Å². The van der Waals surface area contributed by atoms with Crippen molar-refractivity contribution in [3.05, 3.63) is 93.5 Å². The Kier molecular flexibility index (Phi) is 6.94. The summed E-state index contributed by atoms with van der Waals surface area (Å²) in [6.45, 7) is 2.13. The maximum Gasteiger partial charge on any atom is 0.288 e. The fraction of sp³-hybridized carbons (Fsp3) is 0.333. The molecule has 0 bridgehead atoms. The SMILES string of the molecule is O=C(C1=C[C@@H](c2coc3ccccc3c2=O)C[C@@H](OCc2ccc(CO)cc2)O1)N1CCOCC1. The lowest BCUT2D eigenvalue weighted by molar-refractivity contribution is -0.158. The highest BCUT2D eigenvalue weighted by Gasteiger charge is 2.33. The zero-order valence-electron chi connectivity index (χ0n) is 19.2. The van der Waals surface area contributed by atoms with E-state index in [1.807, 2.05) is 30.3 Å². The van der Waals surface area contributed by atoms with Crippen LogP contribution in [-0.2, 0) is 32.2 Å². The van der Waals surface area contributed by atoms with Gasteiger partial charge in [0.25, 0.3) is 5.91 Å². The van der Waals surface area contributed by atoms with Gasteiger partial charge in [-0.1, -0.05) is 36.4 Å². The first-order valence-electron chi connectivity index (χ1n) is 11.7. The first-order valence-corrected chi connectivity index (χ1v) is 11.7. The van der Waals surface area contributed by atoms with Crippen LogP contribution in [0, 0.1) is 0 Å². The van der Waals surface area contributed by atoms with Crippen molar-refractivity contribution in [2.45, 2.75) is 31.8 Å². The lowest BCUT2D eigenvalue weighted by Crippen LogP contribution is -2.43. The van der Waals surface area contributed by atoms with E-state index in [1.54, 1.807) is 29.2 Å². The molecule has 1 aromatic heterocycles. The number of fused-ring (bicyclic) bond motifs is 1. The van der Waals surface area contributed by atoms with Crippen LogP contribution in [0.4, 0.5) is 0 Å². The molecule has 182 valence electrons. The Hall–Kier alpha value is -3.46. The van der Waals surface area contributed by atoms with E-state index in [0.717, 1.165) is 11.1 Å². The molecule has 0 spiro atoms. The summed E-state index contributed by atoms with van der Waals surface area (Å²) in [5.74, 6) is -0.494. The number of carbonyl (C=O) groups is 1. The third-order valence-electron chi connectivity index (χ3n) is 6.31. The topological polar surface area (TPSA) is 98.4 Å². The van der Waals surface area contributed by atoms with Gasteiger partial charge >= 0.3 is 0 Å². The number of morpholine rings is 1. The van der Waals surface area contributed by atoms with Crippen LogP contribution in [0.3, 0.4) is 0 Å². The fourth-order valence-corrected chi connectivity index (χ4v) is 4.33. The van der Waals surface area contributed by atoms with Crippen LogP contribution in [0.25, 0.3) is 11.0 Å². The van der Waals surface area contributed by atoms with Crippen LogP contribution in [0.2, 0.25) is 0 Å². The van der Waals surface area contributed by atoms with Crippen molar-refractivity contribution in [1.82, 2.24) is 4.90 Å². The van der Waals surface area contributed by atoms with Crippen molar-refractivity contribution < 1.29 is 28.5 Å². The highest BCUT2D eigenvalue weighted by molar-refractivity contribution is 5.92. The number of amides is 1. The maximum atomic E-state index is 13.2. The molecule has 0 radical (unpaired) electrons. The third kappa shape index (κ3) is 5.14. The molecule has 1 fully saturated rings. The van der Waals surface area contributed by atoms with Crippen LogP contribution < -0.4 is 5.43 Å². The van der Waals surface area contributed by atoms with Crippen molar-refractivity contribution >= 4 is 16.9 Å². The van der Waals surface area contributed by atoms with Crippen molar-refractivity contribution in [1.29, 1.82) is 0 Å². The van der Waals surface area contributed by atoms with E-state index in [-0.39, 0.29) is 30.3 Å². The number of hydrogen-bond donors (Lipinski definition) is 1. The van der Waals surface area contributed by atoms with Crippen molar-refractivity contribution in [3.63, 3.8) is 0 Å². The summed E-state index contributed by atoms with van der Waals surface area (Å²) in [5, 5.41) is 9.74. The number of rotatable bonds is 6. The Morgan fingerprint density at radius 1 is 1.06 bits per heavy atom. The molecular formula is C27H27NO7. The molecule has 35 heavy (non-hydrogen) atoms. The summed E-state index contributed by atoms with van der Waals surface area (Å²) in [6.07, 6.45) is 2.80. The van der Waals surface area contributed by atoms with Gasteiger partial charge in [0.15, 0.2) is 11.2 Å². The molecule has 0 unspecified atom stereocenters. The van der Waals surface area contributed by atoms with E-state index >= 15 is 0 Å². The lowest BCUT2D eigenvalue weighted by Gasteiger charge is -2.32. The molecule has 2 aliphatic heterocycles. The minimum atomic E-state index is -0.728. The largest absolute Gasteiger partial charge is 0.464 e. The maximum absolute atomic E-state index is 13.2. The number of carbonyl (C=O) groups excluding carboxylic acids is 1. The number of benzene rings is 2. The number of aliphatic hydroxyl groups is 1. The van der Waals surface area contributed by atoms with Crippen LogP contribution in [0.5, 0.6) is 0 Å². The standard InChI is InChI=1S/C27H27NO7/c29-15-18-5-7-19(8-6-18)16-34-25-14-20(13-24(35-25)27(31)28-9-11-32-12-10-28)22-17-33-23-4-2-1-3-21(23)26(22)30/h1-8,13,17,20,25,29H,9-12,14-16H2/t20-,25+/m1/s1. The Morgan fingerprint density at radius 3 is 2.57 bits per heavy atom. The highest BCUT2D eigenvalue weighted by Crippen LogP contribution is 2.32. The van der Waals surface area contributed by atoms with E-state index in [9.17, 15) is 14.7 Å². The first kappa shape index (κ1) is 23.3. The monoisotopic (exact) mass is 477 g/mol. The van der Waals surface area contributed by atoms with Gasteiger partial charge in [0.1, 0.15) is 5.58 Å². The van der Waals surface area contributed by atoms with E-state index in [2.05, 4.69) is 0 Å². The normalized spacial score (nSPS) is 20.4. The third-order valence-corrected chi connectivity index (χ3v) is 6.31. The van der Waals surface area contributed by atoms with Gasteiger partial charge in [-0.15, -0.1) is 0 Å². The van der Waals surface area contributed by atoms with E-state index < -0.39 is 12.2 Å². The predicted octanol–water partition coefficient (Wildman–Crippen LogP) is 3.07. The molecule has 5 rings (SSSR count). The molecule has 2 atom stereocenters. The predicted molar refractivity (Wildman–Crippen MR) is 127 cm³/mol. The molecule has 2 aromatic carbocycles. The lowest BCUT2D eigenvalue weighted by atomic mass is 9.93. The molecule has 1 N–H and O–H groups in total. The molecule has 1 saturated heterocycles. The van der Waals surface area contributed by atoms with Gasteiger partial charge in [0.2, 0.25) is 6.29 Å². The summed E-state index contributed by atoms with van der Waals surface area (Å²) in [7, 11) is 0. The number of ether oxygens (including phenoxy) is 3. The zero-order valence-corrected chi connectivity index (χ0v) is 19.2. The Bertz CT molecular complexity index is 1270. The molecule has 8 nitrogen and oxygen atoms in total. The van der Waals surface area contributed by atoms with Crippen molar-refractivity contribution in [2.75, 3.05) is 26.3 Å². The van der Waals surface area contributed by atoms with Crippen molar-refractivity contribution in [2.24, 2.45) is 0 Å². The number of aliphatic hydroxyl groups excluding tert-OH is 1. The first-order chi connectivity index (χ1) is 17.1. The minimum Gasteiger partial charge on any atom is -0.464 e. The minimum absolute atomic E-state index is 0.0271. The summed E-state index contributed by atoms with van der Waals surface area (Å²) in [5.41, 5.74) is 2.56. The van der Waals surface area contributed by atoms with Gasteiger partial charge in [-0.3, -0.25) is 9.59 Å². The quantitative estimate of drug-likeness (QED) is 0.583. The average molecular weight is 478 g/mol. The Morgan fingerprint density at radius 2 is 1.80 bits per heavy atom. The zero-order chi connectivity index (χ0) is 24.2. The van der Waals surface area contributed by atoms with Gasteiger partial charge < -0.3 is 28.6 Å². The summed E-state index contributed by atoms with van der Waals surface area (Å²) >= 11 is 0. The number of para-hydroxylation sites is 1. The summed E-state index contributed by atoms with van der Waals surface area (Å²) in [6, 6.07) is 14.5. The number of allylic oxidation sites excluding steroid dienone is 1. The van der Waals surface area contributed by atoms with Gasteiger partial charge in [-0.25, -0.2) is 0 Å². The molecule has 3 heterocycles. The van der Waals surface area contributed by atoms with Gasteiger partial charge in [0, 0.05) is 31.0 Å². The summed E-state index contributed by atoms with van der Waals surface area (Å²) in [4.78, 5) is 28.1. The second kappa shape index (κ2) is 10.4. The smallest absolute Gasteiger partial charge is 0.288 e. The van der Waals surface area contributed by atoms with Gasteiger partial charge in [-0.05, 0) is 29.3 Å². The van der Waals surface area contributed by atoms with Crippen LogP contribution in [0.1, 0.15) is 29.0 Å². The number of nitrogens with zero attached hydrogens (tertiary/aromatic N) is 1. The Labute approximate surface area is 202 Å². The van der Waals surface area contributed by atoms with E-state index in [4.69, 9.17) is 18.6 Å².